The zero-order chi connectivity index (χ0) is 17.6. The van der Waals surface area contributed by atoms with Crippen LogP contribution in [0.4, 0.5) is 5.69 Å². The normalized spacial score (nSPS) is 15.1. The second-order valence-electron chi connectivity index (χ2n) is 6.11. The first kappa shape index (κ1) is 17.0. The molecule has 1 saturated heterocycles. The average molecular weight is 338 g/mol. The van der Waals surface area contributed by atoms with Gasteiger partial charge in [-0.3, -0.25) is 9.59 Å². The molecule has 5 nitrogen and oxygen atoms in total. The lowest BCUT2D eigenvalue weighted by atomic mass is 10.2. The maximum Gasteiger partial charge on any atom is 0.261 e. The fourth-order valence-electron chi connectivity index (χ4n) is 2.80. The van der Waals surface area contributed by atoms with Crippen molar-refractivity contribution in [3.8, 4) is 5.75 Å². The quantitative estimate of drug-likeness (QED) is 0.881. The SMILES string of the molecule is CC(Oc1ccccc1)C(=O)NCc1ccc(N2CCCC2=O)cc1. The summed E-state index contributed by atoms with van der Waals surface area (Å²) in [7, 11) is 0. The minimum absolute atomic E-state index is 0.164. The zero-order valence-electron chi connectivity index (χ0n) is 14.3. The lowest BCUT2D eigenvalue weighted by Crippen LogP contribution is -2.35. The molecule has 1 aliphatic heterocycles. The third kappa shape index (κ3) is 4.38. The van der Waals surface area contributed by atoms with Gasteiger partial charge in [0, 0.05) is 25.2 Å². The first-order chi connectivity index (χ1) is 12.1. The molecule has 3 rings (SSSR count). The number of benzene rings is 2. The number of hydrogen-bond acceptors (Lipinski definition) is 3. The molecule has 0 saturated carbocycles. The number of anilines is 1. The summed E-state index contributed by atoms with van der Waals surface area (Å²) in [6.45, 7) is 2.93. The maximum absolute atomic E-state index is 12.2. The number of amides is 2. The van der Waals surface area contributed by atoms with Crippen LogP contribution in [-0.2, 0) is 16.1 Å². The van der Waals surface area contributed by atoms with Gasteiger partial charge in [0.05, 0.1) is 0 Å². The van der Waals surface area contributed by atoms with Crippen LogP contribution in [-0.4, -0.2) is 24.5 Å². The van der Waals surface area contributed by atoms with E-state index in [1.807, 2.05) is 54.6 Å². The third-order valence-corrected chi connectivity index (χ3v) is 4.21. The number of para-hydroxylation sites is 1. The molecule has 1 atom stereocenters. The van der Waals surface area contributed by atoms with E-state index >= 15 is 0 Å². The first-order valence-corrected chi connectivity index (χ1v) is 8.52. The number of hydrogen-bond donors (Lipinski definition) is 1. The van der Waals surface area contributed by atoms with Crippen LogP contribution in [0.3, 0.4) is 0 Å². The minimum Gasteiger partial charge on any atom is -0.481 e. The van der Waals surface area contributed by atoms with Crippen molar-refractivity contribution in [1.29, 1.82) is 0 Å². The van der Waals surface area contributed by atoms with Gasteiger partial charge in [0.15, 0.2) is 6.10 Å². The molecule has 1 N–H and O–H groups in total. The molecule has 1 fully saturated rings. The molecule has 2 aromatic carbocycles. The van der Waals surface area contributed by atoms with Crippen LogP contribution in [0.1, 0.15) is 25.3 Å². The van der Waals surface area contributed by atoms with Gasteiger partial charge in [-0.2, -0.15) is 0 Å². The summed E-state index contributed by atoms with van der Waals surface area (Å²) >= 11 is 0. The van der Waals surface area contributed by atoms with Gasteiger partial charge in [0.2, 0.25) is 5.91 Å². The Morgan fingerprint density at radius 2 is 1.88 bits per heavy atom. The standard InChI is InChI=1S/C20H22N2O3/c1-15(25-18-6-3-2-4-7-18)20(24)21-14-16-9-11-17(12-10-16)22-13-5-8-19(22)23/h2-4,6-7,9-12,15H,5,8,13-14H2,1H3,(H,21,24). The maximum atomic E-state index is 12.2. The average Bonchev–Trinajstić information content (AvgIpc) is 3.07. The van der Waals surface area contributed by atoms with Crippen LogP contribution in [0.25, 0.3) is 0 Å². The highest BCUT2D eigenvalue weighted by atomic mass is 16.5. The Morgan fingerprint density at radius 3 is 2.52 bits per heavy atom. The highest BCUT2D eigenvalue weighted by molar-refractivity contribution is 5.95. The van der Waals surface area contributed by atoms with Crippen LogP contribution in [0, 0.1) is 0 Å². The fourth-order valence-corrected chi connectivity index (χ4v) is 2.80. The van der Waals surface area contributed by atoms with Crippen molar-refractivity contribution in [3.05, 3.63) is 60.2 Å². The number of ether oxygens (including phenoxy) is 1. The van der Waals surface area contributed by atoms with Gasteiger partial charge >= 0.3 is 0 Å². The molecule has 1 aliphatic rings. The van der Waals surface area contributed by atoms with Gasteiger partial charge in [-0.1, -0.05) is 30.3 Å². The van der Waals surface area contributed by atoms with Gasteiger partial charge in [-0.05, 0) is 43.2 Å². The second-order valence-corrected chi connectivity index (χ2v) is 6.11. The molecule has 1 heterocycles. The summed E-state index contributed by atoms with van der Waals surface area (Å²) in [5, 5.41) is 2.87. The zero-order valence-corrected chi connectivity index (χ0v) is 14.3. The van der Waals surface area contributed by atoms with Gasteiger partial charge in [0.1, 0.15) is 5.75 Å². The molecule has 1 unspecified atom stereocenters. The largest absolute Gasteiger partial charge is 0.481 e. The molecule has 0 bridgehead atoms. The van der Waals surface area contributed by atoms with E-state index in [-0.39, 0.29) is 11.8 Å². The smallest absolute Gasteiger partial charge is 0.261 e. The van der Waals surface area contributed by atoms with Crippen molar-refractivity contribution in [2.75, 3.05) is 11.4 Å². The summed E-state index contributed by atoms with van der Waals surface area (Å²) in [4.78, 5) is 25.7. The van der Waals surface area contributed by atoms with E-state index in [2.05, 4.69) is 5.32 Å². The Kier molecular flexibility index (Phi) is 5.33. The fraction of sp³-hybridized carbons (Fsp3) is 0.300. The summed E-state index contributed by atoms with van der Waals surface area (Å²) in [6, 6.07) is 17.0. The Bertz CT molecular complexity index is 728. The lowest BCUT2D eigenvalue weighted by Gasteiger charge is -2.17. The molecular formula is C20H22N2O3. The van der Waals surface area contributed by atoms with Crippen molar-refractivity contribution in [2.45, 2.75) is 32.4 Å². The molecule has 130 valence electrons. The van der Waals surface area contributed by atoms with E-state index in [9.17, 15) is 9.59 Å². The molecule has 5 heteroatoms. The van der Waals surface area contributed by atoms with Crippen LogP contribution in [0.2, 0.25) is 0 Å². The first-order valence-electron chi connectivity index (χ1n) is 8.52. The van der Waals surface area contributed by atoms with E-state index in [4.69, 9.17) is 4.74 Å². The second kappa shape index (κ2) is 7.83. The minimum atomic E-state index is -0.566. The Labute approximate surface area is 147 Å². The van der Waals surface area contributed by atoms with E-state index in [0.717, 1.165) is 24.2 Å². The van der Waals surface area contributed by atoms with Crippen molar-refractivity contribution in [1.82, 2.24) is 5.32 Å². The monoisotopic (exact) mass is 338 g/mol. The van der Waals surface area contributed by atoms with Crippen molar-refractivity contribution in [2.24, 2.45) is 0 Å². The molecule has 25 heavy (non-hydrogen) atoms. The summed E-state index contributed by atoms with van der Waals surface area (Å²) in [5.41, 5.74) is 1.90. The highest BCUT2D eigenvalue weighted by Gasteiger charge is 2.21. The predicted molar refractivity (Wildman–Crippen MR) is 96.4 cm³/mol. The van der Waals surface area contributed by atoms with Gasteiger partial charge in [-0.25, -0.2) is 0 Å². The van der Waals surface area contributed by atoms with Crippen molar-refractivity contribution < 1.29 is 14.3 Å². The molecule has 2 amide bonds. The number of nitrogens with one attached hydrogen (secondary N) is 1. The van der Waals surface area contributed by atoms with Gasteiger partial charge < -0.3 is 15.0 Å². The number of rotatable bonds is 6. The van der Waals surface area contributed by atoms with Gasteiger partial charge in [0.25, 0.3) is 5.91 Å². The Morgan fingerprint density at radius 1 is 1.16 bits per heavy atom. The third-order valence-electron chi connectivity index (χ3n) is 4.21. The van der Waals surface area contributed by atoms with E-state index in [0.29, 0.717) is 18.7 Å². The molecule has 0 aliphatic carbocycles. The molecular weight excluding hydrogens is 316 g/mol. The van der Waals surface area contributed by atoms with Gasteiger partial charge in [-0.15, -0.1) is 0 Å². The molecule has 0 spiro atoms. The number of nitrogens with zero attached hydrogens (tertiary/aromatic N) is 1. The molecule has 0 radical (unpaired) electrons. The van der Waals surface area contributed by atoms with E-state index < -0.39 is 6.10 Å². The Hall–Kier alpha value is -2.82. The van der Waals surface area contributed by atoms with Crippen LogP contribution < -0.4 is 15.0 Å². The topological polar surface area (TPSA) is 58.6 Å². The predicted octanol–water partition coefficient (Wildman–Crippen LogP) is 2.90. The number of carbonyl (C=O) groups is 2. The number of carbonyl (C=O) groups excluding carboxylic acids is 2. The highest BCUT2D eigenvalue weighted by Crippen LogP contribution is 2.21. The lowest BCUT2D eigenvalue weighted by molar-refractivity contribution is -0.127. The van der Waals surface area contributed by atoms with Crippen LogP contribution in [0.15, 0.2) is 54.6 Å². The van der Waals surface area contributed by atoms with Crippen molar-refractivity contribution >= 4 is 17.5 Å². The summed E-state index contributed by atoms with van der Waals surface area (Å²) < 4.78 is 5.61. The van der Waals surface area contributed by atoms with E-state index in [1.54, 1.807) is 11.8 Å². The van der Waals surface area contributed by atoms with Crippen LogP contribution in [0.5, 0.6) is 5.75 Å². The summed E-state index contributed by atoms with van der Waals surface area (Å²) in [5.74, 6) is 0.681. The molecule has 2 aromatic rings. The van der Waals surface area contributed by atoms with E-state index in [1.165, 1.54) is 0 Å². The Balaban J connectivity index is 1.51. The van der Waals surface area contributed by atoms with Crippen molar-refractivity contribution in [3.63, 3.8) is 0 Å². The van der Waals surface area contributed by atoms with Crippen LogP contribution >= 0.6 is 0 Å². The summed E-state index contributed by atoms with van der Waals surface area (Å²) in [6.07, 6.45) is 0.969. The molecule has 0 aromatic heterocycles.